The van der Waals surface area contributed by atoms with Gasteiger partial charge >= 0.3 is 0 Å². The van der Waals surface area contributed by atoms with Gasteiger partial charge in [0.2, 0.25) is 5.91 Å². The van der Waals surface area contributed by atoms with Gasteiger partial charge in [-0.05, 0) is 41.8 Å². The largest absolute Gasteiger partial charge is 0.490 e. The fourth-order valence-corrected chi connectivity index (χ4v) is 3.13. The summed E-state index contributed by atoms with van der Waals surface area (Å²) in [4.78, 5) is 13.5. The van der Waals surface area contributed by atoms with Crippen molar-refractivity contribution in [1.82, 2.24) is 4.90 Å². The van der Waals surface area contributed by atoms with Crippen LogP contribution in [0.15, 0.2) is 61.2 Å². The van der Waals surface area contributed by atoms with E-state index in [1.54, 1.807) is 0 Å². The highest BCUT2D eigenvalue weighted by Gasteiger charge is 2.22. The van der Waals surface area contributed by atoms with E-state index in [4.69, 9.17) is 4.74 Å². The van der Waals surface area contributed by atoms with Crippen molar-refractivity contribution in [2.45, 2.75) is 25.9 Å². The number of rotatable bonds is 4. The zero-order valence-electron chi connectivity index (χ0n) is 14.1. The number of ether oxygens (including phenoxy) is 1. The van der Waals surface area contributed by atoms with E-state index in [0.717, 1.165) is 31.7 Å². The lowest BCUT2D eigenvalue weighted by atomic mass is 10.0. The second kappa shape index (κ2) is 7.35. The van der Waals surface area contributed by atoms with Gasteiger partial charge in [0, 0.05) is 25.9 Å². The number of likely N-dealkylation sites (tertiary alicyclic amines) is 1. The molecule has 124 valence electrons. The molecule has 0 aliphatic carbocycles. The van der Waals surface area contributed by atoms with Crippen LogP contribution in [0, 0.1) is 6.92 Å². The summed E-state index contributed by atoms with van der Waals surface area (Å²) in [6.45, 7) is 7.09. The predicted octanol–water partition coefficient (Wildman–Crippen LogP) is 4.22. The van der Waals surface area contributed by atoms with E-state index in [1.165, 1.54) is 22.8 Å². The molecule has 1 aliphatic rings. The number of nitrogens with zero attached hydrogens (tertiary/aromatic N) is 1. The Bertz CT molecular complexity index is 716. The minimum Gasteiger partial charge on any atom is -0.490 e. The minimum atomic E-state index is 0.00960. The SMILES string of the molecule is C=CC(=O)N1CCC(Oc2cc(C)cc(-c3ccccc3)c2)CC1. The van der Waals surface area contributed by atoms with E-state index < -0.39 is 0 Å². The van der Waals surface area contributed by atoms with Crippen LogP contribution in [0.3, 0.4) is 0 Å². The molecule has 0 saturated carbocycles. The van der Waals surface area contributed by atoms with Gasteiger partial charge in [0.25, 0.3) is 0 Å². The van der Waals surface area contributed by atoms with Crippen molar-refractivity contribution in [2.24, 2.45) is 0 Å². The van der Waals surface area contributed by atoms with Crippen molar-refractivity contribution >= 4 is 5.91 Å². The molecule has 0 bridgehead atoms. The van der Waals surface area contributed by atoms with Crippen molar-refractivity contribution in [2.75, 3.05) is 13.1 Å². The maximum atomic E-state index is 11.6. The Labute approximate surface area is 143 Å². The summed E-state index contributed by atoms with van der Waals surface area (Å²) in [6, 6.07) is 16.7. The van der Waals surface area contributed by atoms with E-state index in [9.17, 15) is 4.79 Å². The number of benzene rings is 2. The van der Waals surface area contributed by atoms with Gasteiger partial charge in [0.15, 0.2) is 0 Å². The smallest absolute Gasteiger partial charge is 0.245 e. The molecule has 0 spiro atoms. The number of aryl methyl sites for hydroxylation is 1. The number of piperidine rings is 1. The van der Waals surface area contributed by atoms with E-state index >= 15 is 0 Å². The first-order valence-corrected chi connectivity index (χ1v) is 8.41. The lowest BCUT2D eigenvalue weighted by Crippen LogP contribution is -2.41. The molecule has 3 rings (SSSR count). The van der Waals surface area contributed by atoms with Crippen LogP contribution in [0.2, 0.25) is 0 Å². The summed E-state index contributed by atoms with van der Waals surface area (Å²) in [5.41, 5.74) is 3.55. The van der Waals surface area contributed by atoms with Crippen LogP contribution < -0.4 is 4.74 Å². The summed E-state index contributed by atoms with van der Waals surface area (Å²) >= 11 is 0. The van der Waals surface area contributed by atoms with Gasteiger partial charge in [0.1, 0.15) is 11.9 Å². The number of carbonyl (C=O) groups excluding carboxylic acids is 1. The molecule has 0 aromatic heterocycles. The van der Waals surface area contributed by atoms with Crippen LogP contribution in [-0.2, 0) is 4.79 Å². The van der Waals surface area contributed by atoms with Crippen LogP contribution in [-0.4, -0.2) is 30.0 Å². The zero-order valence-corrected chi connectivity index (χ0v) is 14.1. The summed E-state index contributed by atoms with van der Waals surface area (Å²) < 4.78 is 6.20. The molecule has 0 unspecified atom stereocenters. The highest BCUT2D eigenvalue weighted by molar-refractivity contribution is 5.87. The van der Waals surface area contributed by atoms with E-state index in [-0.39, 0.29) is 12.0 Å². The molecule has 1 saturated heterocycles. The third-order valence-corrected chi connectivity index (χ3v) is 4.39. The number of amides is 1. The van der Waals surface area contributed by atoms with Crippen LogP contribution in [0.5, 0.6) is 5.75 Å². The third kappa shape index (κ3) is 3.85. The Balaban J connectivity index is 1.69. The first-order chi connectivity index (χ1) is 11.7. The molecular weight excluding hydrogens is 298 g/mol. The maximum absolute atomic E-state index is 11.6. The molecule has 1 heterocycles. The average Bonchev–Trinajstić information content (AvgIpc) is 2.62. The molecule has 2 aromatic carbocycles. The van der Waals surface area contributed by atoms with Crippen molar-refractivity contribution in [3.8, 4) is 16.9 Å². The number of hydrogen-bond acceptors (Lipinski definition) is 2. The number of hydrogen-bond donors (Lipinski definition) is 0. The molecular formula is C21H23NO2. The highest BCUT2D eigenvalue weighted by atomic mass is 16.5. The van der Waals surface area contributed by atoms with Crippen molar-refractivity contribution < 1.29 is 9.53 Å². The first kappa shape index (κ1) is 16.3. The lowest BCUT2D eigenvalue weighted by molar-refractivity contribution is -0.127. The van der Waals surface area contributed by atoms with Gasteiger partial charge in [-0.2, -0.15) is 0 Å². The third-order valence-electron chi connectivity index (χ3n) is 4.39. The summed E-state index contributed by atoms with van der Waals surface area (Å²) in [7, 11) is 0. The summed E-state index contributed by atoms with van der Waals surface area (Å²) in [5.74, 6) is 0.915. The Kier molecular flexibility index (Phi) is 4.99. The van der Waals surface area contributed by atoms with Crippen molar-refractivity contribution in [1.29, 1.82) is 0 Å². The van der Waals surface area contributed by atoms with Crippen molar-refractivity contribution in [3.63, 3.8) is 0 Å². The fraction of sp³-hybridized carbons (Fsp3) is 0.286. The second-order valence-electron chi connectivity index (χ2n) is 6.25. The quantitative estimate of drug-likeness (QED) is 0.789. The molecule has 0 N–H and O–H groups in total. The summed E-state index contributed by atoms with van der Waals surface area (Å²) in [5, 5.41) is 0. The molecule has 0 atom stereocenters. The minimum absolute atomic E-state index is 0.00960. The van der Waals surface area contributed by atoms with Crippen LogP contribution in [0.25, 0.3) is 11.1 Å². The molecule has 1 fully saturated rings. The van der Waals surface area contributed by atoms with Gasteiger partial charge in [-0.3, -0.25) is 4.79 Å². The standard InChI is InChI=1S/C21H23NO2/c1-3-21(23)22-11-9-19(10-12-22)24-20-14-16(2)13-18(15-20)17-7-5-4-6-8-17/h3-8,13-15,19H,1,9-12H2,2H3. The molecule has 1 aliphatic heterocycles. The van der Waals surface area contributed by atoms with Gasteiger partial charge in [-0.15, -0.1) is 0 Å². The van der Waals surface area contributed by atoms with E-state index in [2.05, 4.69) is 43.8 Å². The summed E-state index contributed by atoms with van der Waals surface area (Å²) in [6.07, 6.45) is 3.25. The molecule has 2 aromatic rings. The number of carbonyl (C=O) groups is 1. The van der Waals surface area contributed by atoms with Gasteiger partial charge in [-0.1, -0.05) is 43.0 Å². The van der Waals surface area contributed by atoms with Crippen LogP contribution in [0.1, 0.15) is 18.4 Å². The lowest BCUT2D eigenvalue weighted by Gasteiger charge is -2.31. The Hall–Kier alpha value is -2.55. The second-order valence-corrected chi connectivity index (χ2v) is 6.25. The monoisotopic (exact) mass is 321 g/mol. The molecule has 3 heteroatoms. The average molecular weight is 321 g/mol. The molecule has 3 nitrogen and oxygen atoms in total. The van der Waals surface area contributed by atoms with Gasteiger partial charge in [-0.25, -0.2) is 0 Å². The van der Waals surface area contributed by atoms with Crippen molar-refractivity contribution in [3.05, 3.63) is 66.7 Å². The topological polar surface area (TPSA) is 29.5 Å². The Morgan fingerprint density at radius 3 is 2.50 bits per heavy atom. The van der Waals surface area contributed by atoms with E-state index in [1.807, 2.05) is 23.1 Å². The molecule has 24 heavy (non-hydrogen) atoms. The maximum Gasteiger partial charge on any atom is 0.245 e. The zero-order chi connectivity index (χ0) is 16.9. The fourth-order valence-electron chi connectivity index (χ4n) is 3.13. The Morgan fingerprint density at radius 1 is 1.12 bits per heavy atom. The van der Waals surface area contributed by atoms with Crippen LogP contribution >= 0.6 is 0 Å². The Morgan fingerprint density at radius 2 is 1.83 bits per heavy atom. The van der Waals surface area contributed by atoms with Gasteiger partial charge < -0.3 is 9.64 Å². The normalized spacial score (nSPS) is 15.1. The van der Waals surface area contributed by atoms with E-state index in [0.29, 0.717) is 0 Å². The first-order valence-electron chi connectivity index (χ1n) is 8.41. The highest BCUT2D eigenvalue weighted by Crippen LogP contribution is 2.27. The van der Waals surface area contributed by atoms with Crippen LogP contribution in [0.4, 0.5) is 0 Å². The molecule has 0 radical (unpaired) electrons. The molecule has 1 amide bonds. The predicted molar refractivity (Wildman–Crippen MR) is 97.0 cm³/mol. The van der Waals surface area contributed by atoms with Gasteiger partial charge in [0.05, 0.1) is 0 Å².